The van der Waals surface area contributed by atoms with Crippen LogP contribution >= 0.6 is 27.3 Å². The number of hydrogen-bond donors (Lipinski definition) is 1. The van der Waals surface area contributed by atoms with Crippen LogP contribution in [0.1, 0.15) is 34.9 Å². The molecule has 0 fully saturated rings. The quantitative estimate of drug-likeness (QED) is 0.682. The van der Waals surface area contributed by atoms with Crippen molar-refractivity contribution in [3.63, 3.8) is 0 Å². The summed E-state index contributed by atoms with van der Waals surface area (Å²) in [5, 5.41) is 13.2. The van der Waals surface area contributed by atoms with Gasteiger partial charge < -0.3 is 10.1 Å². The van der Waals surface area contributed by atoms with Crippen LogP contribution in [0.4, 0.5) is 5.00 Å². The van der Waals surface area contributed by atoms with Crippen molar-refractivity contribution in [2.75, 3.05) is 26.0 Å². The highest BCUT2D eigenvalue weighted by Gasteiger charge is 2.24. The van der Waals surface area contributed by atoms with Gasteiger partial charge in [0.25, 0.3) is 0 Å². The van der Waals surface area contributed by atoms with Gasteiger partial charge in [-0.3, -0.25) is 9.69 Å². The van der Waals surface area contributed by atoms with Gasteiger partial charge in [-0.1, -0.05) is 22.9 Å². The molecule has 1 unspecified atom stereocenters. The zero-order valence-electron chi connectivity index (χ0n) is 16.3. The summed E-state index contributed by atoms with van der Waals surface area (Å²) in [5.41, 5.74) is 2.79. The summed E-state index contributed by atoms with van der Waals surface area (Å²) < 4.78 is 6.38. The van der Waals surface area contributed by atoms with Crippen LogP contribution in [-0.2, 0) is 24.2 Å². The Bertz CT molecular complexity index is 919. The molecular weight excluding hydrogens is 438 g/mol. The molecule has 1 heterocycles. The number of carbonyl (C=O) groups is 1. The number of nitrogens with zero attached hydrogens (tertiary/aromatic N) is 2. The molecule has 7 heteroatoms. The number of nitrogens with one attached hydrogen (secondary N) is 1. The Hall–Kier alpha value is -1.88. The van der Waals surface area contributed by atoms with Crippen LogP contribution in [0.3, 0.4) is 0 Å². The molecule has 1 aliphatic rings. The molecule has 1 aliphatic carbocycles. The van der Waals surface area contributed by atoms with Gasteiger partial charge in [-0.2, -0.15) is 5.26 Å². The highest BCUT2D eigenvalue weighted by molar-refractivity contribution is 9.10. The highest BCUT2D eigenvalue weighted by Crippen LogP contribution is 2.39. The molecule has 0 bridgehead atoms. The summed E-state index contributed by atoms with van der Waals surface area (Å²) in [4.78, 5) is 15.8. The zero-order valence-corrected chi connectivity index (χ0v) is 18.7. The van der Waals surface area contributed by atoms with Crippen molar-refractivity contribution in [2.45, 2.75) is 32.7 Å². The Balaban J connectivity index is 1.66. The molecule has 1 aromatic carbocycles. The van der Waals surface area contributed by atoms with E-state index in [0.717, 1.165) is 40.6 Å². The third-order valence-corrected chi connectivity index (χ3v) is 6.64. The molecule has 0 radical (unpaired) electrons. The first-order chi connectivity index (χ1) is 13.4. The molecule has 1 atom stereocenters. The number of thiophene rings is 1. The number of nitriles is 1. The van der Waals surface area contributed by atoms with Crippen LogP contribution in [-0.4, -0.2) is 31.5 Å². The molecular formula is C21H24BrN3O2S. The number of halogens is 1. The van der Waals surface area contributed by atoms with Gasteiger partial charge in [0.1, 0.15) is 16.8 Å². The molecule has 1 N–H and O–H groups in total. The Morgan fingerprint density at radius 1 is 1.50 bits per heavy atom. The minimum absolute atomic E-state index is 0.111. The van der Waals surface area contributed by atoms with E-state index in [1.54, 1.807) is 18.4 Å². The first-order valence-electron chi connectivity index (χ1n) is 9.26. The van der Waals surface area contributed by atoms with Crippen LogP contribution in [0, 0.1) is 17.2 Å². The van der Waals surface area contributed by atoms with Gasteiger partial charge in [0.05, 0.1) is 19.2 Å². The molecule has 148 valence electrons. The largest absolute Gasteiger partial charge is 0.496 e. The summed E-state index contributed by atoms with van der Waals surface area (Å²) >= 11 is 5.03. The summed E-state index contributed by atoms with van der Waals surface area (Å²) in [7, 11) is 3.54. The van der Waals surface area contributed by atoms with Gasteiger partial charge in [0, 0.05) is 21.5 Å². The second-order valence-corrected chi connectivity index (χ2v) is 9.37. The van der Waals surface area contributed by atoms with E-state index in [0.29, 0.717) is 23.0 Å². The highest BCUT2D eigenvalue weighted by atomic mass is 79.9. The first-order valence-corrected chi connectivity index (χ1v) is 10.9. The van der Waals surface area contributed by atoms with E-state index in [1.807, 2.05) is 30.1 Å². The van der Waals surface area contributed by atoms with Crippen LogP contribution < -0.4 is 10.1 Å². The number of benzene rings is 1. The molecule has 0 saturated heterocycles. The summed E-state index contributed by atoms with van der Waals surface area (Å²) in [5.74, 6) is 1.31. The predicted molar refractivity (Wildman–Crippen MR) is 116 cm³/mol. The van der Waals surface area contributed by atoms with E-state index in [-0.39, 0.29) is 12.5 Å². The minimum Gasteiger partial charge on any atom is -0.496 e. The fourth-order valence-electron chi connectivity index (χ4n) is 3.59. The van der Waals surface area contributed by atoms with E-state index in [9.17, 15) is 10.1 Å². The standard InChI is InChI=1S/C21H24BrN3O2S/c1-13-4-6-16-17(10-23)21(28-19(16)8-13)24-20(26)12-25(2)11-14-9-15(22)5-7-18(14)27-3/h5,7,9,13H,4,6,8,11-12H2,1-3H3,(H,24,26). The van der Waals surface area contributed by atoms with Gasteiger partial charge in [0.2, 0.25) is 5.91 Å². The number of rotatable bonds is 6. The van der Waals surface area contributed by atoms with Crippen LogP contribution in [0.5, 0.6) is 5.75 Å². The zero-order chi connectivity index (χ0) is 20.3. The van der Waals surface area contributed by atoms with E-state index in [1.165, 1.54) is 4.88 Å². The number of fused-ring (bicyclic) bond motifs is 1. The average molecular weight is 462 g/mol. The molecule has 28 heavy (non-hydrogen) atoms. The molecule has 0 spiro atoms. The van der Waals surface area contributed by atoms with Crippen LogP contribution in [0.15, 0.2) is 22.7 Å². The van der Waals surface area contributed by atoms with Crippen molar-refractivity contribution >= 4 is 38.2 Å². The van der Waals surface area contributed by atoms with Gasteiger partial charge in [-0.05, 0) is 56.0 Å². The number of amides is 1. The molecule has 2 aromatic rings. The van der Waals surface area contributed by atoms with Gasteiger partial charge >= 0.3 is 0 Å². The third-order valence-electron chi connectivity index (χ3n) is 4.97. The summed E-state index contributed by atoms with van der Waals surface area (Å²) in [6.45, 7) is 3.05. The second kappa shape index (κ2) is 9.08. The van der Waals surface area contributed by atoms with Crippen LogP contribution in [0.2, 0.25) is 0 Å². The van der Waals surface area contributed by atoms with E-state index in [2.05, 4.69) is 34.2 Å². The number of likely N-dealkylation sites (N-methyl/N-ethyl adjacent to an activating group) is 1. The first kappa shape index (κ1) is 20.8. The molecule has 3 rings (SSSR count). The second-order valence-electron chi connectivity index (χ2n) is 7.34. The summed E-state index contributed by atoms with van der Waals surface area (Å²) in [6.07, 6.45) is 3.02. The van der Waals surface area contributed by atoms with Crippen molar-refractivity contribution in [3.8, 4) is 11.8 Å². The molecule has 1 aromatic heterocycles. The lowest BCUT2D eigenvalue weighted by molar-refractivity contribution is -0.117. The van der Waals surface area contributed by atoms with Gasteiger partial charge in [0.15, 0.2) is 0 Å². The van der Waals surface area contributed by atoms with E-state index >= 15 is 0 Å². The van der Waals surface area contributed by atoms with Crippen molar-refractivity contribution in [1.29, 1.82) is 5.26 Å². The smallest absolute Gasteiger partial charge is 0.239 e. The SMILES string of the molecule is COc1ccc(Br)cc1CN(C)CC(=O)Nc1sc2c(c1C#N)CCC(C)C2. The molecule has 5 nitrogen and oxygen atoms in total. The number of ether oxygens (including phenoxy) is 1. The maximum atomic E-state index is 12.6. The van der Waals surface area contributed by atoms with Crippen molar-refractivity contribution in [2.24, 2.45) is 5.92 Å². The maximum absolute atomic E-state index is 12.6. The molecule has 1 amide bonds. The van der Waals surface area contributed by atoms with Crippen LogP contribution in [0.25, 0.3) is 0 Å². The number of carbonyl (C=O) groups excluding carboxylic acids is 1. The normalized spacial score (nSPS) is 15.8. The van der Waals surface area contributed by atoms with E-state index < -0.39 is 0 Å². The van der Waals surface area contributed by atoms with Crippen molar-refractivity contribution in [1.82, 2.24) is 4.90 Å². The number of anilines is 1. The lowest BCUT2D eigenvalue weighted by atomic mass is 9.89. The molecule has 0 saturated carbocycles. The Morgan fingerprint density at radius 3 is 3.00 bits per heavy atom. The average Bonchev–Trinajstić information content (AvgIpc) is 2.97. The minimum atomic E-state index is -0.111. The Labute approximate surface area is 178 Å². The third kappa shape index (κ3) is 4.75. The Kier molecular flexibility index (Phi) is 6.76. The lowest BCUT2D eigenvalue weighted by Crippen LogP contribution is -2.30. The van der Waals surface area contributed by atoms with Crippen molar-refractivity contribution in [3.05, 3.63) is 44.2 Å². The van der Waals surface area contributed by atoms with Gasteiger partial charge in [-0.25, -0.2) is 0 Å². The Morgan fingerprint density at radius 2 is 2.29 bits per heavy atom. The monoisotopic (exact) mass is 461 g/mol. The topological polar surface area (TPSA) is 65.4 Å². The fraction of sp³-hybridized carbons (Fsp3) is 0.429. The molecule has 0 aliphatic heterocycles. The number of methoxy groups -OCH3 is 1. The maximum Gasteiger partial charge on any atom is 0.239 e. The lowest BCUT2D eigenvalue weighted by Gasteiger charge is -2.18. The predicted octanol–water partition coefficient (Wildman–Crippen LogP) is 4.59. The number of hydrogen-bond acceptors (Lipinski definition) is 5. The van der Waals surface area contributed by atoms with E-state index in [4.69, 9.17) is 4.74 Å². The fourth-order valence-corrected chi connectivity index (χ4v) is 5.37. The van der Waals surface area contributed by atoms with Gasteiger partial charge in [-0.15, -0.1) is 11.3 Å². The summed E-state index contributed by atoms with van der Waals surface area (Å²) in [6, 6.07) is 8.13. The van der Waals surface area contributed by atoms with Crippen molar-refractivity contribution < 1.29 is 9.53 Å².